The molecule has 0 bridgehead atoms. The van der Waals surface area contributed by atoms with Crippen molar-refractivity contribution in [2.45, 2.75) is 26.7 Å². The van der Waals surface area contributed by atoms with E-state index in [-0.39, 0.29) is 24.7 Å². The molecule has 7 nitrogen and oxygen atoms in total. The average Bonchev–Trinajstić information content (AvgIpc) is 2.46. The van der Waals surface area contributed by atoms with Crippen molar-refractivity contribution in [3.05, 3.63) is 33.9 Å². The van der Waals surface area contributed by atoms with Crippen LogP contribution in [0.2, 0.25) is 0 Å². The molecule has 0 atom stereocenters. The number of nitro benzene ring substituents is 1. The van der Waals surface area contributed by atoms with Crippen LogP contribution in [-0.2, 0) is 4.79 Å². The molecule has 0 heterocycles. The van der Waals surface area contributed by atoms with E-state index in [1.807, 2.05) is 4.90 Å². The Labute approximate surface area is 130 Å². The fraction of sp³-hybridized carbons (Fsp3) is 0.533. The van der Waals surface area contributed by atoms with E-state index in [1.165, 1.54) is 18.2 Å². The maximum absolute atomic E-state index is 12.1. The molecule has 2 N–H and O–H groups in total. The molecule has 0 aliphatic heterocycles. The molecule has 0 unspecified atom stereocenters. The normalized spacial score (nSPS) is 10.7. The third-order valence-electron chi connectivity index (χ3n) is 3.31. The Morgan fingerprint density at radius 1 is 1.41 bits per heavy atom. The number of aliphatic hydroxyl groups is 1. The topological polar surface area (TPSA) is 95.7 Å². The first-order chi connectivity index (χ1) is 10.5. The molecular formula is C15H23N3O4. The number of aryl methyl sites for hydroxylation is 1. The number of non-ortho nitro benzene ring substituents is 1. The molecule has 1 aromatic rings. The van der Waals surface area contributed by atoms with Gasteiger partial charge in [0, 0.05) is 24.4 Å². The molecular weight excluding hydrogens is 286 g/mol. The van der Waals surface area contributed by atoms with Gasteiger partial charge in [-0.3, -0.25) is 19.8 Å². The van der Waals surface area contributed by atoms with Crippen LogP contribution in [0.1, 0.15) is 25.3 Å². The second kappa shape index (κ2) is 9.11. The lowest BCUT2D eigenvalue weighted by Gasteiger charge is -2.20. The van der Waals surface area contributed by atoms with E-state index < -0.39 is 4.92 Å². The minimum absolute atomic E-state index is 0.000326. The van der Waals surface area contributed by atoms with Gasteiger partial charge in [-0.2, -0.15) is 0 Å². The third kappa shape index (κ3) is 5.79. The number of benzene rings is 1. The highest BCUT2D eigenvalue weighted by atomic mass is 16.6. The third-order valence-corrected chi connectivity index (χ3v) is 3.31. The number of hydrogen-bond acceptors (Lipinski definition) is 5. The Morgan fingerprint density at radius 3 is 2.68 bits per heavy atom. The summed E-state index contributed by atoms with van der Waals surface area (Å²) in [5.41, 5.74) is 1.21. The number of carbonyl (C=O) groups is 1. The van der Waals surface area contributed by atoms with Gasteiger partial charge in [-0.05, 0) is 31.5 Å². The predicted molar refractivity (Wildman–Crippen MR) is 84.9 cm³/mol. The van der Waals surface area contributed by atoms with Crippen molar-refractivity contribution in [3.63, 3.8) is 0 Å². The van der Waals surface area contributed by atoms with Gasteiger partial charge in [0.25, 0.3) is 5.69 Å². The second-order valence-electron chi connectivity index (χ2n) is 5.16. The van der Waals surface area contributed by atoms with Crippen LogP contribution in [0.5, 0.6) is 0 Å². The van der Waals surface area contributed by atoms with Crippen molar-refractivity contribution in [2.24, 2.45) is 0 Å². The molecule has 0 aliphatic rings. The van der Waals surface area contributed by atoms with Crippen molar-refractivity contribution >= 4 is 17.3 Å². The van der Waals surface area contributed by atoms with Gasteiger partial charge in [-0.1, -0.05) is 13.3 Å². The van der Waals surface area contributed by atoms with Crippen molar-refractivity contribution in [1.82, 2.24) is 4.90 Å². The number of hydrogen-bond donors (Lipinski definition) is 2. The van der Waals surface area contributed by atoms with Crippen LogP contribution in [0.4, 0.5) is 11.4 Å². The summed E-state index contributed by atoms with van der Waals surface area (Å²) in [5.74, 6) is -0.193. The Kier molecular flexibility index (Phi) is 7.48. The molecule has 0 aliphatic carbocycles. The zero-order valence-corrected chi connectivity index (χ0v) is 13.0. The summed E-state index contributed by atoms with van der Waals surface area (Å²) in [4.78, 5) is 24.2. The summed E-state index contributed by atoms with van der Waals surface area (Å²) < 4.78 is 0. The number of anilines is 1. The standard InChI is InChI=1S/C15H23N3O4/c1-3-4-7-17(8-9-19)11-15(20)16-14-6-5-13(18(21)22)10-12(14)2/h5-6,10,19H,3-4,7-9,11H2,1-2H3,(H,16,20). The van der Waals surface area contributed by atoms with Gasteiger partial charge >= 0.3 is 0 Å². The van der Waals surface area contributed by atoms with Crippen LogP contribution < -0.4 is 5.32 Å². The maximum Gasteiger partial charge on any atom is 0.269 e. The van der Waals surface area contributed by atoms with Crippen molar-refractivity contribution < 1.29 is 14.8 Å². The summed E-state index contributed by atoms with van der Waals surface area (Å²) >= 11 is 0. The lowest BCUT2D eigenvalue weighted by Crippen LogP contribution is -2.36. The summed E-state index contributed by atoms with van der Waals surface area (Å²) in [5, 5.41) is 22.5. The van der Waals surface area contributed by atoms with Gasteiger partial charge in [-0.15, -0.1) is 0 Å². The number of unbranched alkanes of at least 4 members (excludes halogenated alkanes) is 1. The van der Waals surface area contributed by atoms with Gasteiger partial charge in [0.05, 0.1) is 18.1 Å². The Morgan fingerprint density at radius 2 is 2.14 bits per heavy atom. The molecule has 0 saturated heterocycles. The summed E-state index contributed by atoms with van der Waals surface area (Å²) in [6.07, 6.45) is 1.98. The predicted octanol–water partition coefficient (Wildman–Crippen LogP) is 1.94. The molecule has 1 amide bonds. The minimum Gasteiger partial charge on any atom is -0.395 e. The average molecular weight is 309 g/mol. The first kappa shape index (κ1) is 18.1. The van der Waals surface area contributed by atoms with Crippen LogP contribution in [0.25, 0.3) is 0 Å². The molecule has 7 heteroatoms. The van der Waals surface area contributed by atoms with Crippen molar-refractivity contribution in [1.29, 1.82) is 0 Å². The van der Waals surface area contributed by atoms with Crippen LogP contribution in [-0.4, -0.2) is 47.1 Å². The molecule has 0 spiro atoms. The van der Waals surface area contributed by atoms with Crippen LogP contribution in [0.3, 0.4) is 0 Å². The minimum atomic E-state index is -0.466. The zero-order valence-electron chi connectivity index (χ0n) is 13.0. The molecule has 122 valence electrons. The first-order valence-corrected chi connectivity index (χ1v) is 7.36. The number of nitrogens with one attached hydrogen (secondary N) is 1. The number of nitrogens with zero attached hydrogens (tertiary/aromatic N) is 2. The lowest BCUT2D eigenvalue weighted by molar-refractivity contribution is -0.384. The largest absolute Gasteiger partial charge is 0.395 e. The molecule has 0 fully saturated rings. The highest BCUT2D eigenvalue weighted by molar-refractivity contribution is 5.93. The van der Waals surface area contributed by atoms with Gasteiger partial charge in [0.1, 0.15) is 0 Å². The van der Waals surface area contributed by atoms with Crippen molar-refractivity contribution in [2.75, 3.05) is 31.6 Å². The van der Waals surface area contributed by atoms with E-state index in [4.69, 9.17) is 5.11 Å². The van der Waals surface area contributed by atoms with E-state index in [9.17, 15) is 14.9 Å². The summed E-state index contributed by atoms with van der Waals surface area (Å²) in [6, 6.07) is 4.33. The summed E-state index contributed by atoms with van der Waals surface area (Å²) in [6.45, 7) is 5.18. The quantitative estimate of drug-likeness (QED) is 0.537. The van der Waals surface area contributed by atoms with Crippen molar-refractivity contribution in [3.8, 4) is 0 Å². The van der Waals surface area contributed by atoms with Crippen LogP contribution in [0, 0.1) is 17.0 Å². The lowest BCUT2D eigenvalue weighted by atomic mass is 10.2. The Bertz CT molecular complexity index is 520. The molecule has 1 rings (SSSR count). The maximum atomic E-state index is 12.1. The monoisotopic (exact) mass is 309 g/mol. The number of carbonyl (C=O) groups excluding carboxylic acids is 1. The number of amides is 1. The fourth-order valence-electron chi connectivity index (χ4n) is 2.09. The zero-order chi connectivity index (χ0) is 16.5. The highest BCUT2D eigenvalue weighted by Gasteiger charge is 2.13. The molecule has 22 heavy (non-hydrogen) atoms. The van der Waals surface area contributed by atoms with E-state index in [2.05, 4.69) is 12.2 Å². The van der Waals surface area contributed by atoms with E-state index >= 15 is 0 Å². The SMILES string of the molecule is CCCCN(CCO)CC(=O)Nc1ccc([N+](=O)[O-])cc1C. The van der Waals surface area contributed by atoms with E-state index in [0.717, 1.165) is 19.4 Å². The number of aliphatic hydroxyl groups excluding tert-OH is 1. The van der Waals surface area contributed by atoms with E-state index in [0.29, 0.717) is 17.8 Å². The van der Waals surface area contributed by atoms with Gasteiger partial charge < -0.3 is 10.4 Å². The fourth-order valence-corrected chi connectivity index (χ4v) is 2.09. The Balaban J connectivity index is 2.65. The number of nitro groups is 1. The second-order valence-corrected chi connectivity index (χ2v) is 5.16. The Hall–Kier alpha value is -1.99. The first-order valence-electron chi connectivity index (χ1n) is 7.36. The van der Waals surface area contributed by atoms with Gasteiger partial charge in [-0.25, -0.2) is 0 Å². The molecule has 0 aromatic heterocycles. The smallest absolute Gasteiger partial charge is 0.269 e. The highest BCUT2D eigenvalue weighted by Crippen LogP contribution is 2.21. The number of rotatable bonds is 9. The van der Waals surface area contributed by atoms with E-state index in [1.54, 1.807) is 6.92 Å². The van der Waals surface area contributed by atoms with Gasteiger partial charge in [0.2, 0.25) is 5.91 Å². The van der Waals surface area contributed by atoms with Crippen LogP contribution >= 0.6 is 0 Å². The van der Waals surface area contributed by atoms with Crippen LogP contribution in [0.15, 0.2) is 18.2 Å². The molecule has 0 radical (unpaired) electrons. The molecule has 0 saturated carbocycles. The van der Waals surface area contributed by atoms with Gasteiger partial charge in [0.15, 0.2) is 0 Å². The summed E-state index contributed by atoms with van der Waals surface area (Å²) in [7, 11) is 0. The molecule has 1 aromatic carbocycles.